The zero-order chi connectivity index (χ0) is 13.2. The molecule has 0 spiro atoms. The molecule has 0 aromatic heterocycles. The Kier molecular flexibility index (Phi) is 3.92. The number of benzene rings is 1. The number of hydrogen-bond acceptors (Lipinski definition) is 3. The summed E-state index contributed by atoms with van der Waals surface area (Å²) in [6, 6.07) is 5.14. The molecule has 1 saturated carbocycles. The summed E-state index contributed by atoms with van der Waals surface area (Å²) in [7, 11) is 1.58. The largest absolute Gasteiger partial charge is 0.496 e. The molecule has 2 rings (SSSR count). The fourth-order valence-corrected chi connectivity index (χ4v) is 2.46. The number of methoxy groups -OCH3 is 1. The minimum absolute atomic E-state index is 0.182. The second kappa shape index (κ2) is 5.28. The van der Waals surface area contributed by atoms with Crippen molar-refractivity contribution in [3.63, 3.8) is 0 Å². The van der Waals surface area contributed by atoms with Gasteiger partial charge in [0.25, 0.3) is 5.91 Å². The average molecular weight is 314 g/mol. The topological polar surface area (TPSA) is 58.6 Å². The van der Waals surface area contributed by atoms with Crippen molar-refractivity contribution in [1.82, 2.24) is 5.32 Å². The van der Waals surface area contributed by atoms with Gasteiger partial charge in [-0.25, -0.2) is 0 Å². The third kappa shape index (κ3) is 2.84. The minimum Gasteiger partial charge on any atom is -0.496 e. The first-order valence-electron chi connectivity index (χ1n) is 5.88. The molecule has 0 radical (unpaired) electrons. The maximum atomic E-state index is 11.9. The second-order valence-corrected chi connectivity index (χ2v) is 5.46. The van der Waals surface area contributed by atoms with Gasteiger partial charge in [-0.2, -0.15) is 0 Å². The molecule has 1 aliphatic rings. The second-order valence-electron chi connectivity index (χ2n) is 4.61. The lowest BCUT2D eigenvalue weighted by atomic mass is 9.80. The lowest BCUT2D eigenvalue weighted by Gasteiger charge is -2.36. The number of carbonyl (C=O) groups is 1. The predicted octanol–water partition coefficient (Wildman–Crippen LogP) is 2.10. The molecule has 1 aromatic rings. The fraction of sp³-hybridized carbons (Fsp3) is 0.462. The molecule has 1 amide bonds. The van der Waals surface area contributed by atoms with Crippen molar-refractivity contribution in [3.8, 4) is 5.75 Å². The number of aliphatic hydroxyl groups is 1. The molecule has 2 N–H and O–H groups in total. The monoisotopic (exact) mass is 313 g/mol. The lowest BCUT2D eigenvalue weighted by molar-refractivity contribution is -0.0300. The van der Waals surface area contributed by atoms with E-state index in [0.717, 1.165) is 23.7 Å². The van der Waals surface area contributed by atoms with Crippen molar-refractivity contribution in [2.45, 2.75) is 24.9 Å². The van der Waals surface area contributed by atoms with Crippen LogP contribution in [0.4, 0.5) is 0 Å². The molecule has 98 valence electrons. The number of ether oxygens (including phenoxy) is 1. The van der Waals surface area contributed by atoms with Gasteiger partial charge < -0.3 is 15.2 Å². The van der Waals surface area contributed by atoms with Gasteiger partial charge in [0.1, 0.15) is 5.75 Å². The number of carbonyl (C=O) groups excluding carboxylic acids is 1. The van der Waals surface area contributed by atoms with Crippen molar-refractivity contribution in [2.24, 2.45) is 0 Å². The Balaban J connectivity index is 1.98. The van der Waals surface area contributed by atoms with Crippen molar-refractivity contribution >= 4 is 21.8 Å². The van der Waals surface area contributed by atoms with Gasteiger partial charge in [0.05, 0.1) is 17.2 Å². The molecule has 4 nitrogen and oxygen atoms in total. The summed E-state index contributed by atoms with van der Waals surface area (Å²) in [5.41, 5.74) is -0.148. The van der Waals surface area contributed by atoms with Crippen molar-refractivity contribution in [3.05, 3.63) is 28.2 Å². The number of hydrogen-bond donors (Lipinski definition) is 2. The van der Waals surface area contributed by atoms with E-state index in [1.54, 1.807) is 25.3 Å². The molecular weight excluding hydrogens is 298 g/mol. The number of amides is 1. The minimum atomic E-state index is -0.695. The van der Waals surface area contributed by atoms with Crippen LogP contribution in [0.1, 0.15) is 29.6 Å². The molecular formula is C13H16BrNO3. The molecule has 0 bridgehead atoms. The molecule has 1 fully saturated rings. The van der Waals surface area contributed by atoms with E-state index in [9.17, 15) is 9.90 Å². The standard InChI is InChI=1S/C13H16BrNO3/c1-18-11-4-3-9(7-10(11)14)12(16)15-8-13(17)5-2-6-13/h3-4,7,17H,2,5-6,8H2,1H3,(H,15,16). The number of halogens is 1. The summed E-state index contributed by atoms with van der Waals surface area (Å²) in [5.74, 6) is 0.503. The maximum Gasteiger partial charge on any atom is 0.251 e. The highest BCUT2D eigenvalue weighted by Gasteiger charge is 2.34. The van der Waals surface area contributed by atoms with Crippen LogP contribution in [0.2, 0.25) is 0 Å². The SMILES string of the molecule is COc1ccc(C(=O)NCC2(O)CCC2)cc1Br. The number of nitrogens with one attached hydrogen (secondary N) is 1. The summed E-state index contributed by atoms with van der Waals surface area (Å²) < 4.78 is 5.84. The van der Waals surface area contributed by atoms with Crippen LogP contribution in [0.15, 0.2) is 22.7 Å². The summed E-state index contributed by atoms with van der Waals surface area (Å²) in [4.78, 5) is 11.9. The van der Waals surface area contributed by atoms with Gasteiger partial charge in [0, 0.05) is 12.1 Å². The Morgan fingerprint density at radius 3 is 2.78 bits per heavy atom. The quantitative estimate of drug-likeness (QED) is 0.895. The molecule has 1 aliphatic carbocycles. The van der Waals surface area contributed by atoms with Gasteiger partial charge in [-0.05, 0) is 53.4 Å². The molecule has 0 heterocycles. The predicted molar refractivity (Wildman–Crippen MR) is 71.8 cm³/mol. The van der Waals surface area contributed by atoms with E-state index in [1.165, 1.54) is 0 Å². The van der Waals surface area contributed by atoms with Gasteiger partial charge in [-0.15, -0.1) is 0 Å². The van der Waals surface area contributed by atoms with Crippen LogP contribution in [0.3, 0.4) is 0 Å². The van der Waals surface area contributed by atoms with Crippen LogP contribution in [0, 0.1) is 0 Å². The summed E-state index contributed by atoms with van der Waals surface area (Å²) in [5, 5.41) is 12.7. The van der Waals surface area contributed by atoms with E-state index in [1.807, 2.05) is 0 Å². The van der Waals surface area contributed by atoms with Gasteiger partial charge in [-0.3, -0.25) is 4.79 Å². The van der Waals surface area contributed by atoms with Crippen LogP contribution in [0.5, 0.6) is 5.75 Å². The lowest BCUT2D eigenvalue weighted by Crippen LogP contribution is -2.47. The fourth-order valence-electron chi connectivity index (χ4n) is 1.92. The molecule has 1 aromatic carbocycles. The summed E-state index contributed by atoms with van der Waals surface area (Å²) in [6.07, 6.45) is 2.56. The Bertz CT molecular complexity index is 458. The normalized spacial score (nSPS) is 16.8. The van der Waals surface area contributed by atoms with E-state index < -0.39 is 5.60 Å². The van der Waals surface area contributed by atoms with E-state index in [4.69, 9.17) is 4.74 Å². The van der Waals surface area contributed by atoms with Crippen LogP contribution in [0.25, 0.3) is 0 Å². The molecule has 5 heteroatoms. The Morgan fingerprint density at radius 1 is 1.56 bits per heavy atom. The highest BCUT2D eigenvalue weighted by molar-refractivity contribution is 9.10. The summed E-state index contributed by atoms with van der Waals surface area (Å²) >= 11 is 3.34. The molecule has 0 aliphatic heterocycles. The third-order valence-electron chi connectivity index (χ3n) is 3.28. The smallest absolute Gasteiger partial charge is 0.251 e. The van der Waals surface area contributed by atoms with E-state index in [2.05, 4.69) is 21.2 Å². The Hall–Kier alpha value is -1.07. The Morgan fingerprint density at radius 2 is 2.28 bits per heavy atom. The Labute approximate surface area is 114 Å². The highest BCUT2D eigenvalue weighted by atomic mass is 79.9. The van der Waals surface area contributed by atoms with Crippen LogP contribution in [-0.4, -0.2) is 30.3 Å². The molecule has 0 unspecified atom stereocenters. The molecule has 18 heavy (non-hydrogen) atoms. The van der Waals surface area contributed by atoms with Crippen molar-refractivity contribution in [2.75, 3.05) is 13.7 Å². The first kappa shape index (κ1) is 13.4. The van der Waals surface area contributed by atoms with Crippen LogP contribution in [-0.2, 0) is 0 Å². The molecule has 0 atom stereocenters. The van der Waals surface area contributed by atoms with Crippen LogP contribution >= 0.6 is 15.9 Å². The van der Waals surface area contributed by atoms with E-state index in [0.29, 0.717) is 17.9 Å². The highest BCUT2D eigenvalue weighted by Crippen LogP contribution is 2.31. The van der Waals surface area contributed by atoms with Gasteiger partial charge in [-0.1, -0.05) is 0 Å². The third-order valence-corrected chi connectivity index (χ3v) is 3.90. The van der Waals surface area contributed by atoms with Gasteiger partial charge in [0.15, 0.2) is 0 Å². The zero-order valence-corrected chi connectivity index (χ0v) is 11.8. The zero-order valence-electron chi connectivity index (χ0n) is 10.2. The first-order valence-corrected chi connectivity index (χ1v) is 6.67. The van der Waals surface area contributed by atoms with Crippen LogP contribution < -0.4 is 10.1 Å². The average Bonchev–Trinajstić information content (AvgIpc) is 2.33. The van der Waals surface area contributed by atoms with E-state index >= 15 is 0 Å². The van der Waals surface area contributed by atoms with E-state index in [-0.39, 0.29) is 5.91 Å². The van der Waals surface area contributed by atoms with Crippen molar-refractivity contribution < 1.29 is 14.6 Å². The molecule has 0 saturated heterocycles. The van der Waals surface area contributed by atoms with Gasteiger partial charge in [0.2, 0.25) is 0 Å². The number of rotatable bonds is 4. The maximum absolute atomic E-state index is 11.9. The van der Waals surface area contributed by atoms with Gasteiger partial charge >= 0.3 is 0 Å². The first-order chi connectivity index (χ1) is 8.54. The van der Waals surface area contributed by atoms with Crippen molar-refractivity contribution in [1.29, 1.82) is 0 Å². The summed E-state index contributed by atoms with van der Waals surface area (Å²) in [6.45, 7) is 0.315.